The Labute approximate surface area is 175 Å². The van der Waals surface area contributed by atoms with Crippen LogP contribution >= 0.6 is 23.2 Å². The van der Waals surface area contributed by atoms with Gasteiger partial charge in [0.25, 0.3) is 5.56 Å². The third-order valence-corrected chi connectivity index (χ3v) is 7.14. The molecule has 0 saturated carbocycles. The molecule has 0 radical (unpaired) electrons. The van der Waals surface area contributed by atoms with Crippen LogP contribution < -0.4 is 10.9 Å². The predicted molar refractivity (Wildman–Crippen MR) is 109 cm³/mol. The monoisotopic (exact) mass is 455 g/mol. The minimum absolute atomic E-state index is 0.0272. The minimum atomic E-state index is -3.10. The van der Waals surface area contributed by atoms with Gasteiger partial charge in [0, 0.05) is 5.69 Å². The molecular formula is C17H15Cl2N5O4S. The second-order valence-corrected chi connectivity index (χ2v) is 9.78. The normalized spacial score (nSPS) is 18.2. The Hall–Kier alpha value is -2.43. The number of hydrogen-bond acceptors (Lipinski definition) is 6. The first-order valence-corrected chi connectivity index (χ1v) is 11.2. The van der Waals surface area contributed by atoms with Crippen LogP contribution in [0.2, 0.25) is 10.0 Å². The van der Waals surface area contributed by atoms with Gasteiger partial charge in [0.2, 0.25) is 5.91 Å². The summed E-state index contributed by atoms with van der Waals surface area (Å²) in [5, 5.41) is 7.68. The highest BCUT2D eigenvalue weighted by atomic mass is 35.5. The molecule has 1 N–H and O–H groups in total. The third kappa shape index (κ3) is 4.00. The standard InChI is InChI=1S/C17H15Cl2N5O4S/c18-13-2-1-10(5-14(13)19)22-15(25)7-23-9-20-16-12(17(23)26)6-21-24(16)11-3-4-29(27,28)8-11/h1-2,5-6,9,11H,3-4,7-8H2,(H,22,25). The molecular weight excluding hydrogens is 441 g/mol. The van der Waals surface area contributed by atoms with E-state index in [9.17, 15) is 18.0 Å². The van der Waals surface area contributed by atoms with Crippen LogP contribution in [0.15, 0.2) is 35.5 Å². The van der Waals surface area contributed by atoms with Crippen LogP contribution in [0.25, 0.3) is 11.0 Å². The summed E-state index contributed by atoms with van der Waals surface area (Å²) in [4.78, 5) is 29.2. The number of halogens is 2. The summed E-state index contributed by atoms with van der Waals surface area (Å²) in [5.74, 6) is -0.383. The molecule has 0 aliphatic carbocycles. The van der Waals surface area contributed by atoms with Crippen molar-refractivity contribution in [3.05, 3.63) is 51.1 Å². The molecule has 1 saturated heterocycles. The van der Waals surface area contributed by atoms with Gasteiger partial charge in [0.05, 0.1) is 33.8 Å². The average molecular weight is 456 g/mol. The zero-order valence-electron chi connectivity index (χ0n) is 14.9. The molecule has 152 valence electrons. The van der Waals surface area contributed by atoms with Gasteiger partial charge < -0.3 is 5.32 Å². The molecule has 3 aromatic rings. The molecule has 4 rings (SSSR count). The number of rotatable bonds is 4. The fourth-order valence-electron chi connectivity index (χ4n) is 3.24. The first kappa shape index (κ1) is 19.9. The van der Waals surface area contributed by atoms with E-state index in [2.05, 4.69) is 15.4 Å². The number of carbonyl (C=O) groups is 1. The lowest BCUT2D eigenvalue weighted by Gasteiger charge is -2.10. The molecule has 0 spiro atoms. The molecule has 0 bridgehead atoms. The summed E-state index contributed by atoms with van der Waals surface area (Å²) in [5.41, 5.74) is 0.311. The van der Waals surface area contributed by atoms with Crippen molar-refractivity contribution >= 4 is 55.7 Å². The fourth-order valence-corrected chi connectivity index (χ4v) is 5.23. The maximum Gasteiger partial charge on any atom is 0.264 e. The Morgan fingerprint density at radius 2 is 2.07 bits per heavy atom. The molecule has 9 nitrogen and oxygen atoms in total. The lowest BCUT2D eigenvalue weighted by Crippen LogP contribution is -2.28. The summed E-state index contributed by atoms with van der Waals surface area (Å²) in [7, 11) is -3.10. The molecule has 1 atom stereocenters. The van der Waals surface area contributed by atoms with Crippen molar-refractivity contribution in [1.82, 2.24) is 19.3 Å². The number of fused-ring (bicyclic) bond motifs is 1. The number of sulfone groups is 1. The number of hydrogen-bond donors (Lipinski definition) is 1. The van der Waals surface area contributed by atoms with Crippen LogP contribution in [0.1, 0.15) is 12.5 Å². The van der Waals surface area contributed by atoms with E-state index >= 15 is 0 Å². The average Bonchev–Trinajstić information content (AvgIpc) is 3.24. The van der Waals surface area contributed by atoms with Gasteiger partial charge in [-0.2, -0.15) is 5.10 Å². The molecule has 1 aliphatic heterocycles. The van der Waals surface area contributed by atoms with Crippen molar-refractivity contribution in [3.63, 3.8) is 0 Å². The zero-order chi connectivity index (χ0) is 20.8. The Bertz CT molecular complexity index is 1280. The highest BCUT2D eigenvalue weighted by Gasteiger charge is 2.31. The number of aromatic nitrogens is 4. The van der Waals surface area contributed by atoms with E-state index in [0.29, 0.717) is 27.8 Å². The van der Waals surface area contributed by atoms with Crippen LogP contribution in [-0.2, 0) is 21.2 Å². The number of nitrogens with zero attached hydrogens (tertiary/aromatic N) is 4. The van der Waals surface area contributed by atoms with E-state index in [-0.39, 0.29) is 29.5 Å². The molecule has 12 heteroatoms. The highest BCUT2D eigenvalue weighted by Crippen LogP contribution is 2.26. The largest absolute Gasteiger partial charge is 0.324 e. The number of amides is 1. The summed E-state index contributed by atoms with van der Waals surface area (Å²) < 4.78 is 26.1. The van der Waals surface area contributed by atoms with Crippen LogP contribution in [0, 0.1) is 0 Å². The van der Waals surface area contributed by atoms with Crippen molar-refractivity contribution < 1.29 is 13.2 Å². The van der Waals surface area contributed by atoms with E-state index in [4.69, 9.17) is 23.2 Å². The van der Waals surface area contributed by atoms with Gasteiger partial charge in [-0.05, 0) is 24.6 Å². The smallest absolute Gasteiger partial charge is 0.264 e. The number of benzene rings is 1. The lowest BCUT2D eigenvalue weighted by molar-refractivity contribution is -0.116. The lowest BCUT2D eigenvalue weighted by atomic mass is 10.3. The van der Waals surface area contributed by atoms with Crippen LogP contribution in [0.4, 0.5) is 5.69 Å². The second-order valence-electron chi connectivity index (χ2n) is 6.74. The van der Waals surface area contributed by atoms with Gasteiger partial charge in [0.15, 0.2) is 15.5 Å². The second kappa shape index (κ2) is 7.43. The molecule has 1 aliphatic rings. The van der Waals surface area contributed by atoms with E-state index < -0.39 is 21.3 Å². The van der Waals surface area contributed by atoms with E-state index in [1.807, 2.05) is 0 Å². The van der Waals surface area contributed by atoms with Crippen molar-refractivity contribution in [1.29, 1.82) is 0 Å². The van der Waals surface area contributed by atoms with E-state index in [1.54, 1.807) is 12.1 Å². The SMILES string of the molecule is O=C(Cn1cnc2c(cnn2C2CCS(=O)(=O)C2)c1=O)Nc1ccc(Cl)c(Cl)c1. The number of carbonyl (C=O) groups excluding carboxylic acids is 1. The van der Waals surface area contributed by atoms with Crippen molar-refractivity contribution in [2.24, 2.45) is 0 Å². The Morgan fingerprint density at radius 1 is 1.28 bits per heavy atom. The van der Waals surface area contributed by atoms with Crippen molar-refractivity contribution in [3.8, 4) is 0 Å². The van der Waals surface area contributed by atoms with Crippen LogP contribution in [0.5, 0.6) is 0 Å². The maximum absolute atomic E-state index is 12.7. The third-order valence-electron chi connectivity index (χ3n) is 4.65. The summed E-state index contributed by atoms with van der Waals surface area (Å²) in [6.07, 6.45) is 3.03. The molecule has 3 heterocycles. The van der Waals surface area contributed by atoms with Crippen LogP contribution in [-0.4, -0.2) is 45.2 Å². The maximum atomic E-state index is 12.7. The summed E-state index contributed by atoms with van der Waals surface area (Å²) in [6, 6.07) is 4.30. The van der Waals surface area contributed by atoms with Crippen LogP contribution in [0.3, 0.4) is 0 Å². The molecule has 29 heavy (non-hydrogen) atoms. The minimum Gasteiger partial charge on any atom is -0.324 e. The Balaban J connectivity index is 1.56. The number of nitrogens with one attached hydrogen (secondary N) is 1. The number of anilines is 1. The van der Waals surface area contributed by atoms with Crippen molar-refractivity contribution in [2.45, 2.75) is 19.0 Å². The van der Waals surface area contributed by atoms with Gasteiger partial charge in [0.1, 0.15) is 18.3 Å². The topological polar surface area (TPSA) is 116 Å². The molecule has 1 amide bonds. The molecule has 2 aromatic heterocycles. The van der Waals surface area contributed by atoms with Gasteiger partial charge in [-0.3, -0.25) is 14.2 Å². The Morgan fingerprint density at radius 3 is 2.76 bits per heavy atom. The van der Waals surface area contributed by atoms with E-state index in [0.717, 1.165) is 4.57 Å². The molecule has 1 fully saturated rings. The predicted octanol–water partition coefficient (Wildman–Crippen LogP) is 1.90. The molecule has 1 unspecified atom stereocenters. The van der Waals surface area contributed by atoms with Gasteiger partial charge in [-0.1, -0.05) is 23.2 Å². The fraction of sp³-hybridized carbons (Fsp3) is 0.294. The van der Waals surface area contributed by atoms with Gasteiger partial charge in [-0.25, -0.2) is 18.1 Å². The first-order valence-electron chi connectivity index (χ1n) is 8.61. The Kier molecular flexibility index (Phi) is 5.09. The summed E-state index contributed by atoms with van der Waals surface area (Å²) >= 11 is 11.8. The molecule has 1 aromatic carbocycles. The highest BCUT2D eigenvalue weighted by molar-refractivity contribution is 7.91. The first-order chi connectivity index (χ1) is 13.7. The van der Waals surface area contributed by atoms with Gasteiger partial charge >= 0.3 is 0 Å². The van der Waals surface area contributed by atoms with E-state index in [1.165, 1.54) is 23.3 Å². The zero-order valence-corrected chi connectivity index (χ0v) is 17.2. The van der Waals surface area contributed by atoms with Crippen molar-refractivity contribution in [2.75, 3.05) is 16.8 Å². The summed E-state index contributed by atoms with van der Waals surface area (Å²) in [6.45, 7) is -0.259. The quantitative estimate of drug-likeness (QED) is 0.641. The van der Waals surface area contributed by atoms with Gasteiger partial charge in [-0.15, -0.1) is 0 Å².